The molecule has 1 amide bonds. The third-order valence-electron chi connectivity index (χ3n) is 5.52. The van der Waals surface area contributed by atoms with Crippen LogP contribution in [0.15, 0.2) is 79.0 Å². The Kier molecular flexibility index (Phi) is 5.76. The zero-order valence-corrected chi connectivity index (χ0v) is 19.2. The molecule has 35 heavy (non-hydrogen) atoms. The van der Waals surface area contributed by atoms with Crippen LogP contribution in [0.1, 0.15) is 37.9 Å². The lowest BCUT2D eigenvalue weighted by Gasteiger charge is -2.07. The smallest absolute Gasteiger partial charge is 0.273 e. The fourth-order valence-electron chi connectivity index (χ4n) is 3.89. The van der Waals surface area contributed by atoms with Gasteiger partial charge in [-0.3, -0.25) is 19.3 Å². The van der Waals surface area contributed by atoms with E-state index in [1.165, 1.54) is 4.68 Å². The number of nitrogens with zero attached hydrogens (tertiary/aromatic N) is 5. The van der Waals surface area contributed by atoms with Gasteiger partial charge in [0.2, 0.25) is 5.78 Å². The number of carbonyl (C=O) groups is 2. The first-order valence-corrected chi connectivity index (χ1v) is 11.0. The van der Waals surface area contributed by atoms with Crippen LogP contribution in [0.3, 0.4) is 0 Å². The molecule has 0 radical (unpaired) electrons. The van der Waals surface area contributed by atoms with E-state index < -0.39 is 0 Å². The van der Waals surface area contributed by atoms with Crippen LogP contribution in [-0.4, -0.2) is 36.2 Å². The molecule has 8 nitrogen and oxygen atoms in total. The van der Waals surface area contributed by atoms with E-state index in [0.29, 0.717) is 22.6 Å². The second-order valence-electron chi connectivity index (χ2n) is 8.04. The van der Waals surface area contributed by atoms with Crippen molar-refractivity contribution in [3.63, 3.8) is 0 Å². The van der Waals surface area contributed by atoms with E-state index >= 15 is 0 Å². The predicted molar refractivity (Wildman–Crippen MR) is 135 cm³/mol. The predicted octanol–water partition coefficient (Wildman–Crippen LogP) is 4.58. The Morgan fingerprint density at radius 1 is 0.943 bits per heavy atom. The van der Waals surface area contributed by atoms with Crippen molar-refractivity contribution in [2.45, 2.75) is 6.92 Å². The number of para-hydroxylation sites is 1. The fourth-order valence-corrected chi connectivity index (χ4v) is 3.89. The molecule has 0 aliphatic heterocycles. The van der Waals surface area contributed by atoms with Crippen molar-refractivity contribution in [3.05, 3.63) is 107 Å². The van der Waals surface area contributed by atoms with Gasteiger partial charge in [-0.1, -0.05) is 36.4 Å². The largest absolute Gasteiger partial charge is 0.321 e. The third kappa shape index (κ3) is 4.49. The molecule has 1 N–H and O–H groups in total. The number of benzene rings is 2. The van der Waals surface area contributed by atoms with Crippen molar-refractivity contribution in [3.8, 4) is 0 Å². The van der Waals surface area contributed by atoms with Gasteiger partial charge in [0, 0.05) is 36.1 Å². The van der Waals surface area contributed by atoms with Gasteiger partial charge < -0.3 is 5.32 Å². The van der Waals surface area contributed by atoms with E-state index in [9.17, 15) is 9.59 Å². The molecule has 2 aromatic carbocycles. The first-order chi connectivity index (χ1) is 17.0. The molecule has 0 atom stereocenters. The number of fused-ring (bicyclic) bond motifs is 1. The van der Waals surface area contributed by atoms with E-state index in [1.54, 1.807) is 54.5 Å². The number of anilines is 1. The third-order valence-corrected chi connectivity index (χ3v) is 5.52. The molecule has 3 heterocycles. The molecule has 0 bridgehead atoms. The molecule has 0 saturated heterocycles. The van der Waals surface area contributed by atoms with Gasteiger partial charge in [0.25, 0.3) is 5.91 Å². The summed E-state index contributed by atoms with van der Waals surface area (Å²) in [5.74, 6) is -0.536. The molecule has 0 saturated carbocycles. The van der Waals surface area contributed by atoms with Gasteiger partial charge >= 0.3 is 0 Å². The Balaban J connectivity index is 1.45. The van der Waals surface area contributed by atoms with Crippen LogP contribution >= 0.6 is 0 Å². The summed E-state index contributed by atoms with van der Waals surface area (Å²) in [6.45, 7) is 1.82. The van der Waals surface area contributed by atoms with Crippen LogP contribution in [-0.2, 0) is 7.05 Å². The highest BCUT2D eigenvalue weighted by atomic mass is 16.2. The average molecular weight is 463 g/mol. The summed E-state index contributed by atoms with van der Waals surface area (Å²) >= 11 is 0. The van der Waals surface area contributed by atoms with Crippen molar-refractivity contribution >= 4 is 40.6 Å². The quantitative estimate of drug-likeness (QED) is 0.373. The highest BCUT2D eigenvalue weighted by Gasteiger charge is 2.19. The van der Waals surface area contributed by atoms with Gasteiger partial charge in [0.1, 0.15) is 11.4 Å². The van der Waals surface area contributed by atoms with Crippen molar-refractivity contribution in [1.82, 2.24) is 24.5 Å². The number of aromatic nitrogens is 5. The average Bonchev–Trinajstić information content (AvgIpc) is 3.42. The lowest BCUT2D eigenvalue weighted by atomic mass is 10.0. The summed E-state index contributed by atoms with van der Waals surface area (Å²) in [5, 5.41) is 12.4. The number of aryl methyl sites for hydroxylation is 2. The number of rotatable bonds is 6. The Hall–Kier alpha value is -4.85. The van der Waals surface area contributed by atoms with E-state index in [4.69, 9.17) is 0 Å². The first-order valence-electron chi connectivity index (χ1n) is 11.0. The molecule has 5 aromatic rings. The zero-order chi connectivity index (χ0) is 24.4. The normalized spacial score (nSPS) is 11.3. The van der Waals surface area contributed by atoms with Crippen molar-refractivity contribution in [2.24, 2.45) is 7.05 Å². The molecule has 0 unspecified atom stereocenters. The molecule has 0 spiro atoms. The van der Waals surface area contributed by atoms with Crippen LogP contribution in [0.4, 0.5) is 5.69 Å². The van der Waals surface area contributed by atoms with Gasteiger partial charge in [0.15, 0.2) is 0 Å². The van der Waals surface area contributed by atoms with Crippen LogP contribution in [0.5, 0.6) is 0 Å². The van der Waals surface area contributed by atoms with E-state index in [2.05, 4.69) is 20.5 Å². The molecule has 0 fully saturated rings. The molecule has 172 valence electrons. The highest BCUT2D eigenvalue weighted by molar-refractivity contribution is 6.15. The molecular formula is C27H22N6O2. The fraction of sp³-hybridized carbons (Fsp3) is 0.0741. The summed E-state index contributed by atoms with van der Waals surface area (Å²) in [6, 6.07) is 21.8. The lowest BCUT2D eigenvalue weighted by molar-refractivity contribution is 0.101. The minimum absolute atomic E-state index is 0.237. The Bertz CT molecular complexity index is 1580. The van der Waals surface area contributed by atoms with Gasteiger partial charge in [-0.25, -0.2) is 4.68 Å². The lowest BCUT2D eigenvalue weighted by Crippen LogP contribution is -2.16. The van der Waals surface area contributed by atoms with Crippen LogP contribution in [0.2, 0.25) is 0 Å². The Morgan fingerprint density at radius 3 is 2.54 bits per heavy atom. The number of pyridine rings is 1. The highest BCUT2D eigenvalue weighted by Crippen LogP contribution is 2.23. The van der Waals surface area contributed by atoms with Crippen molar-refractivity contribution < 1.29 is 9.59 Å². The maximum absolute atomic E-state index is 13.5. The molecule has 0 aliphatic rings. The monoisotopic (exact) mass is 462 g/mol. The second kappa shape index (κ2) is 9.18. The summed E-state index contributed by atoms with van der Waals surface area (Å²) in [4.78, 5) is 30.4. The van der Waals surface area contributed by atoms with Crippen LogP contribution < -0.4 is 5.32 Å². The number of hydrogen-bond donors (Lipinski definition) is 1. The van der Waals surface area contributed by atoms with Gasteiger partial charge in [-0.05, 0) is 49.4 Å². The maximum Gasteiger partial charge on any atom is 0.273 e. The van der Waals surface area contributed by atoms with Gasteiger partial charge in [0.05, 0.1) is 16.9 Å². The molecule has 3 aromatic heterocycles. The van der Waals surface area contributed by atoms with Crippen LogP contribution in [0, 0.1) is 6.92 Å². The Labute approximate surface area is 201 Å². The van der Waals surface area contributed by atoms with Crippen LogP contribution in [0.25, 0.3) is 23.2 Å². The SMILES string of the molecule is Cc1cc(C(=O)Nc2cccc(C(=O)c3nn(C=Cc4ccccn4)c4ccccc34)c2)n(C)n1. The minimum Gasteiger partial charge on any atom is -0.321 e. The first kappa shape index (κ1) is 22.0. The summed E-state index contributed by atoms with van der Waals surface area (Å²) in [6.07, 6.45) is 5.34. The molecule has 0 aliphatic carbocycles. The minimum atomic E-state index is -0.299. The Morgan fingerprint density at radius 2 is 1.77 bits per heavy atom. The van der Waals surface area contributed by atoms with Crippen molar-refractivity contribution in [1.29, 1.82) is 0 Å². The standard InChI is InChI=1S/C27H22N6O2/c1-18-16-24(32(2)30-18)27(35)29-21-10-7-8-19(17-21)26(34)25-22-11-3-4-12-23(22)33(31-25)15-13-20-9-5-6-14-28-20/h3-17H,1-2H3,(H,29,35). The summed E-state index contributed by atoms with van der Waals surface area (Å²) < 4.78 is 3.20. The summed E-state index contributed by atoms with van der Waals surface area (Å²) in [5.41, 5.74) is 4.04. The zero-order valence-electron chi connectivity index (χ0n) is 19.2. The van der Waals surface area contributed by atoms with E-state index in [-0.39, 0.29) is 11.7 Å². The molecular weight excluding hydrogens is 440 g/mol. The molecule has 8 heteroatoms. The number of nitrogens with one attached hydrogen (secondary N) is 1. The van der Waals surface area contributed by atoms with Crippen molar-refractivity contribution in [2.75, 3.05) is 5.32 Å². The number of amides is 1. The number of hydrogen-bond acceptors (Lipinski definition) is 5. The van der Waals surface area contributed by atoms with Gasteiger partial charge in [-0.15, -0.1) is 0 Å². The summed E-state index contributed by atoms with van der Waals surface area (Å²) in [7, 11) is 1.71. The van der Waals surface area contributed by atoms with E-state index in [0.717, 1.165) is 22.3 Å². The maximum atomic E-state index is 13.5. The molecule has 5 rings (SSSR count). The number of ketones is 1. The van der Waals surface area contributed by atoms with E-state index in [1.807, 2.05) is 55.5 Å². The topological polar surface area (TPSA) is 94.7 Å². The second-order valence-corrected chi connectivity index (χ2v) is 8.04. The number of carbonyl (C=O) groups excluding carboxylic acids is 2. The van der Waals surface area contributed by atoms with Gasteiger partial charge in [-0.2, -0.15) is 10.2 Å².